The van der Waals surface area contributed by atoms with E-state index in [2.05, 4.69) is 18.8 Å². The fourth-order valence-corrected chi connectivity index (χ4v) is 1.73. The molecule has 4 heteroatoms. The Morgan fingerprint density at radius 2 is 2.17 bits per heavy atom. The molecular formula is C14H17FN2O. The lowest BCUT2D eigenvalue weighted by molar-refractivity contribution is 0.290. The summed E-state index contributed by atoms with van der Waals surface area (Å²) in [6.45, 7) is 6.28. The van der Waals surface area contributed by atoms with Crippen molar-refractivity contribution in [2.75, 3.05) is 0 Å². The number of rotatable bonds is 4. The zero-order valence-electron chi connectivity index (χ0n) is 10.9. The number of halogens is 1. The normalized spacial score (nSPS) is 10.9. The molecule has 0 radical (unpaired) electrons. The lowest BCUT2D eigenvalue weighted by Gasteiger charge is -2.12. The van der Waals surface area contributed by atoms with E-state index in [0.717, 1.165) is 5.69 Å². The predicted molar refractivity (Wildman–Crippen MR) is 68.1 cm³/mol. The minimum atomic E-state index is -0.245. The molecule has 96 valence electrons. The minimum absolute atomic E-state index is 0.245. The topological polar surface area (TPSA) is 27.1 Å². The maximum Gasteiger partial charge on any atom is 0.130 e. The molecule has 0 unspecified atom stereocenters. The predicted octanol–water partition coefficient (Wildman–Crippen LogP) is 3.49. The van der Waals surface area contributed by atoms with E-state index >= 15 is 0 Å². The molecule has 1 heterocycles. The molecule has 1 aromatic carbocycles. The van der Waals surface area contributed by atoms with E-state index in [9.17, 15) is 4.39 Å². The van der Waals surface area contributed by atoms with Gasteiger partial charge < -0.3 is 9.30 Å². The summed E-state index contributed by atoms with van der Waals surface area (Å²) in [5, 5.41) is 0. The number of aryl methyl sites for hydroxylation is 1. The second-order valence-electron chi connectivity index (χ2n) is 4.59. The van der Waals surface area contributed by atoms with E-state index in [0.29, 0.717) is 24.0 Å². The fraction of sp³-hybridized carbons (Fsp3) is 0.357. The van der Waals surface area contributed by atoms with Gasteiger partial charge in [0, 0.05) is 12.1 Å². The van der Waals surface area contributed by atoms with Crippen molar-refractivity contribution in [1.29, 1.82) is 0 Å². The van der Waals surface area contributed by atoms with Crippen molar-refractivity contribution in [3.63, 3.8) is 0 Å². The number of ether oxygens (including phenoxy) is 1. The second-order valence-corrected chi connectivity index (χ2v) is 4.59. The van der Waals surface area contributed by atoms with Crippen molar-refractivity contribution in [3.05, 3.63) is 47.8 Å². The first-order valence-corrected chi connectivity index (χ1v) is 5.97. The molecule has 0 atom stereocenters. The van der Waals surface area contributed by atoms with Gasteiger partial charge in [0.25, 0.3) is 0 Å². The van der Waals surface area contributed by atoms with Crippen LogP contribution in [-0.2, 0) is 6.61 Å². The molecule has 1 aromatic heterocycles. The van der Waals surface area contributed by atoms with Crippen LogP contribution in [-0.4, -0.2) is 9.55 Å². The summed E-state index contributed by atoms with van der Waals surface area (Å²) in [7, 11) is 0. The molecule has 0 spiro atoms. The molecule has 0 saturated heterocycles. The number of nitrogens with zero attached hydrogens (tertiary/aromatic N) is 2. The average molecular weight is 248 g/mol. The summed E-state index contributed by atoms with van der Waals surface area (Å²) < 4.78 is 21.0. The van der Waals surface area contributed by atoms with Gasteiger partial charge in [-0.15, -0.1) is 0 Å². The maximum atomic E-state index is 13.4. The van der Waals surface area contributed by atoms with E-state index in [-0.39, 0.29) is 5.82 Å². The number of hydrogen-bond acceptors (Lipinski definition) is 2. The first-order chi connectivity index (χ1) is 8.58. The molecule has 0 aliphatic heterocycles. The molecule has 0 N–H and O–H groups in total. The monoisotopic (exact) mass is 248 g/mol. The fourth-order valence-electron chi connectivity index (χ4n) is 1.73. The van der Waals surface area contributed by atoms with Crippen LogP contribution in [0.5, 0.6) is 5.75 Å². The Morgan fingerprint density at radius 1 is 1.39 bits per heavy atom. The zero-order chi connectivity index (χ0) is 13.1. The largest absolute Gasteiger partial charge is 0.487 e. The third-order valence-corrected chi connectivity index (χ3v) is 2.83. The summed E-state index contributed by atoms with van der Waals surface area (Å²) in [5.74, 6) is 0.291. The summed E-state index contributed by atoms with van der Waals surface area (Å²) in [4.78, 5) is 4.10. The number of imidazole rings is 1. The molecule has 0 aliphatic carbocycles. The SMILES string of the molecule is Cc1ccc(OCc2cncn2C(C)C)cc1F. The van der Waals surface area contributed by atoms with Gasteiger partial charge in [-0.1, -0.05) is 6.07 Å². The average Bonchev–Trinajstić information content (AvgIpc) is 2.79. The van der Waals surface area contributed by atoms with Gasteiger partial charge in [-0.3, -0.25) is 0 Å². The minimum Gasteiger partial charge on any atom is -0.487 e. The molecule has 3 nitrogen and oxygen atoms in total. The number of benzene rings is 1. The van der Waals surface area contributed by atoms with E-state index in [1.807, 2.05) is 4.57 Å². The lowest BCUT2D eigenvalue weighted by atomic mass is 10.2. The third-order valence-electron chi connectivity index (χ3n) is 2.83. The summed E-state index contributed by atoms with van der Waals surface area (Å²) in [5.41, 5.74) is 1.60. The van der Waals surface area contributed by atoms with Gasteiger partial charge in [0.05, 0.1) is 18.2 Å². The molecule has 0 fully saturated rings. The van der Waals surface area contributed by atoms with Crippen LogP contribution >= 0.6 is 0 Å². The summed E-state index contributed by atoms with van der Waals surface area (Å²) in [6, 6.07) is 5.23. The molecule has 0 bridgehead atoms. The van der Waals surface area contributed by atoms with E-state index in [1.165, 1.54) is 6.07 Å². The van der Waals surface area contributed by atoms with Crippen molar-refractivity contribution in [1.82, 2.24) is 9.55 Å². The Labute approximate surface area is 106 Å². The van der Waals surface area contributed by atoms with Crippen molar-refractivity contribution in [3.8, 4) is 5.75 Å². The van der Waals surface area contributed by atoms with Crippen LogP contribution in [0.2, 0.25) is 0 Å². The molecule has 2 aromatic rings. The van der Waals surface area contributed by atoms with Gasteiger partial charge in [0.15, 0.2) is 0 Å². The Bertz CT molecular complexity index is 534. The van der Waals surface area contributed by atoms with E-state index < -0.39 is 0 Å². The molecule has 18 heavy (non-hydrogen) atoms. The molecule has 0 aliphatic rings. The van der Waals surface area contributed by atoms with E-state index in [4.69, 9.17) is 4.74 Å². The summed E-state index contributed by atoms with van der Waals surface area (Å²) in [6.07, 6.45) is 3.55. The Morgan fingerprint density at radius 3 is 2.83 bits per heavy atom. The van der Waals surface area contributed by atoms with Gasteiger partial charge in [-0.05, 0) is 32.4 Å². The lowest BCUT2D eigenvalue weighted by Crippen LogP contribution is -2.07. The highest BCUT2D eigenvalue weighted by Crippen LogP contribution is 2.18. The molecule has 2 rings (SSSR count). The van der Waals surface area contributed by atoms with Crippen LogP contribution in [0.3, 0.4) is 0 Å². The van der Waals surface area contributed by atoms with Crippen LogP contribution in [0.25, 0.3) is 0 Å². The van der Waals surface area contributed by atoms with E-state index in [1.54, 1.807) is 31.6 Å². The second kappa shape index (κ2) is 5.21. The highest BCUT2D eigenvalue weighted by Gasteiger charge is 2.06. The Hall–Kier alpha value is -1.84. The van der Waals surface area contributed by atoms with Gasteiger partial charge in [0.2, 0.25) is 0 Å². The van der Waals surface area contributed by atoms with Gasteiger partial charge in [-0.25, -0.2) is 9.37 Å². The Balaban J connectivity index is 2.07. The standard InChI is InChI=1S/C14H17FN2O/c1-10(2)17-9-16-7-12(17)8-18-13-5-4-11(3)14(15)6-13/h4-7,9-10H,8H2,1-3H3. The highest BCUT2D eigenvalue weighted by atomic mass is 19.1. The van der Waals surface area contributed by atoms with Crippen molar-refractivity contribution in [2.45, 2.75) is 33.4 Å². The van der Waals surface area contributed by atoms with Crippen molar-refractivity contribution in [2.24, 2.45) is 0 Å². The van der Waals surface area contributed by atoms with Crippen LogP contribution < -0.4 is 4.74 Å². The van der Waals surface area contributed by atoms with Gasteiger partial charge in [0.1, 0.15) is 18.2 Å². The quantitative estimate of drug-likeness (QED) is 0.828. The van der Waals surface area contributed by atoms with Crippen molar-refractivity contribution < 1.29 is 9.13 Å². The van der Waals surface area contributed by atoms with Crippen molar-refractivity contribution >= 4 is 0 Å². The first kappa shape index (κ1) is 12.6. The maximum absolute atomic E-state index is 13.4. The molecule has 0 saturated carbocycles. The van der Waals surface area contributed by atoms with Crippen LogP contribution in [0.15, 0.2) is 30.7 Å². The van der Waals surface area contributed by atoms with Crippen LogP contribution in [0.4, 0.5) is 4.39 Å². The Kier molecular flexibility index (Phi) is 3.65. The first-order valence-electron chi connectivity index (χ1n) is 5.97. The summed E-state index contributed by atoms with van der Waals surface area (Å²) >= 11 is 0. The number of hydrogen-bond donors (Lipinski definition) is 0. The third kappa shape index (κ3) is 2.70. The zero-order valence-corrected chi connectivity index (χ0v) is 10.9. The van der Waals surface area contributed by atoms with Gasteiger partial charge >= 0.3 is 0 Å². The van der Waals surface area contributed by atoms with Crippen LogP contribution in [0.1, 0.15) is 31.1 Å². The highest BCUT2D eigenvalue weighted by molar-refractivity contribution is 5.28. The molecular weight excluding hydrogens is 231 g/mol. The van der Waals surface area contributed by atoms with Gasteiger partial charge in [-0.2, -0.15) is 0 Å². The molecule has 0 amide bonds. The smallest absolute Gasteiger partial charge is 0.130 e. The van der Waals surface area contributed by atoms with Crippen LogP contribution in [0, 0.1) is 12.7 Å². The number of aromatic nitrogens is 2.